The molecule has 2 atom stereocenters. The maximum Gasteiger partial charge on any atom is 0.307 e. The van der Waals surface area contributed by atoms with Crippen molar-refractivity contribution in [3.8, 4) is 0 Å². The highest BCUT2D eigenvalue weighted by Gasteiger charge is 2.25. The van der Waals surface area contributed by atoms with Crippen molar-refractivity contribution in [3.63, 3.8) is 0 Å². The largest absolute Gasteiger partial charge is 0.481 e. The molecule has 0 saturated carbocycles. The lowest BCUT2D eigenvalue weighted by Gasteiger charge is -2.17. The Balaban J connectivity index is 2.11. The zero-order valence-electron chi connectivity index (χ0n) is 9.50. The van der Waals surface area contributed by atoms with E-state index in [4.69, 9.17) is 9.84 Å². The third-order valence-electron chi connectivity index (χ3n) is 3.06. The highest BCUT2D eigenvalue weighted by molar-refractivity contribution is 5.70. The number of aliphatic carboxylic acids is 1. The predicted octanol–water partition coefficient (Wildman–Crippen LogP) is 1.38. The summed E-state index contributed by atoms with van der Waals surface area (Å²) in [5.41, 5.74) is 1.49. The van der Waals surface area contributed by atoms with Crippen LogP contribution in [0.4, 0.5) is 0 Å². The van der Waals surface area contributed by atoms with Crippen LogP contribution in [0.5, 0.6) is 0 Å². The van der Waals surface area contributed by atoms with Crippen LogP contribution in [0.25, 0.3) is 0 Å². The molecule has 1 heterocycles. The Morgan fingerprint density at radius 2 is 2.35 bits per heavy atom. The molecule has 17 heavy (non-hydrogen) atoms. The van der Waals surface area contributed by atoms with Gasteiger partial charge in [-0.3, -0.25) is 4.79 Å². The standard InChI is InChI=1S/C13H16O4/c14-12(15)7-9-2-1-3-10(6-9)13(16)11-4-5-17-8-11/h1-3,6,11,13,16H,4-5,7-8H2,(H,14,15). The van der Waals surface area contributed by atoms with E-state index >= 15 is 0 Å². The summed E-state index contributed by atoms with van der Waals surface area (Å²) in [5, 5.41) is 18.9. The van der Waals surface area contributed by atoms with E-state index in [1.165, 1.54) is 0 Å². The molecule has 1 saturated heterocycles. The molecule has 4 heteroatoms. The number of ether oxygens (including phenoxy) is 1. The highest BCUT2D eigenvalue weighted by Crippen LogP contribution is 2.28. The first kappa shape index (κ1) is 12.1. The second-order valence-corrected chi connectivity index (χ2v) is 4.38. The molecule has 0 aliphatic carbocycles. The lowest BCUT2D eigenvalue weighted by atomic mass is 9.94. The molecular formula is C13H16O4. The first-order valence-electron chi connectivity index (χ1n) is 5.73. The van der Waals surface area contributed by atoms with Crippen LogP contribution in [0.3, 0.4) is 0 Å². The van der Waals surface area contributed by atoms with Crippen LogP contribution in [0, 0.1) is 5.92 Å². The highest BCUT2D eigenvalue weighted by atomic mass is 16.5. The van der Waals surface area contributed by atoms with Gasteiger partial charge in [0.05, 0.1) is 19.1 Å². The molecule has 1 aromatic carbocycles. The summed E-state index contributed by atoms with van der Waals surface area (Å²) in [4.78, 5) is 10.6. The van der Waals surface area contributed by atoms with E-state index < -0.39 is 12.1 Å². The van der Waals surface area contributed by atoms with Crippen molar-refractivity contribution in [1.29, 1.82) is 0 Å². The van der Waals surface area contributed by atoms with E-state index in [1.807, 2.05) is 6.07 Å². The van der Waals surface area contributed by atoms with Gasteiger partial charge in [0.1, 0.15) is 0 Å². The van der Waals surface area contributed by atoms with Crippen molar-refractivity contribution < 1.29 is 19.7 Å². The minimum Gasteiger partial charge on any atom is -0.481 e. The molecule has 1 fully saturated rings. The summed E-state index contributed by atoms with van der Waals surface area (Å²) >= 11 is 0. The SMILES string of the molecule is O=C(O)Cc1cccc(C(O)C2CCOC2)c1. The molecule has 2 N–H and O–H groups in total. The molecule has 1 aromatic rings. The average Bonchev–Trinajstić information content (AvgIpc) is 2.81. The lowest BCUT2D eigenvalue weighted by molar-refractivity contribution is -0.136. The van der Waals surface area contributed by atoms with E-state index in [2.05, 4.69) is 0 Å². The van der Waals surface area contributed by atoms with Gasteiger partial charge >= 0.3 is 5.97 Å². The van der Waals surface area contributed by atoms with Gasteiger partial charge in [-0.1, -0.05) is 24.3 Å². The summed E-state index contributed by atoms with van der Waals surface area (Å²) in [6, 6.07) is 7.13. The Morgan fingerprint density at radius 1 is 1.53 bits per heavy atom. The fourth-order valence-electron chi connectivity index (χ4n) is 2.14. The molecule has 4 nitrogen and oxygen atoms in total. The number of aliphatic hydroxyl groups is 1. The molecule has 2 unspecified atom stereocenters. The number of hydrogen-bond donors (Lipinski definition) is 2. The lowest BCUT2D eigenvalue weighted by Crippen LogP contribution is -2.13. The van der Waals surface area contributed by atoms with E-state index in [0.717, 1.165) is 12.0 Å². The third kappa shape index (κ3) is 3.05. The fraction of sp³-hybridized carbons (Fsp3) is 0.462. The minimum atomic E-state index is -0.860. The molecule has 0 radical (unpaired) electrons. The van der Waals surface area contributed by atoms with Gasteiger partial charge < -0.3 is 14.9 Å². The van der Waals surface area contributed by atoms with E-state index in [9.17, 15) is 9.90 Å². The molecule has 1 aliphatic rings. The number of carboxylic acid groups (broad SMARTS) is 1. The Kier molecular flexibility index (Phi) is 3.76. The van der Waals surface area contributed by atoms with Crippen LogP contribution in [-0.4, -0.2) is 29.4 Å². The van der Waals surface area contributed by atoms with Gasteiger partial charge in [-0.05, 0) is 17.5 Å². The summed E-state index contributed by atoms with van der Waals surface area (Å²) in [7, 11) is 0. The quantitative estimate of drug-likeness (QED) is 0.829. The van der Waals surface area contributed by atoms with Crippen molar-refractivity contribution in [2.45, 2.75) is 18.9 Å². The Morgan fingerprint density at radius 3 is 3.00 bits per heavy atom. The number of carboxylic acids is 1. The maximum absolute atomic E-state index is 10.6. The molecule has 2 rings (SSSR count). The molecule has 0 aromatic heterocycles. The second kappa shape index (κ2) is 5.29. The maximum atomic E-state index is 10.6. The van der Waals surface area contributed by atoms with Crippen LogP contribution < -0.4 is 0 Å². The Labute approximate surface area is 99.8 Å². The van der Waals surface area contributed by atoms with Crippen LogP contribution in [0.1, 0.15) is 23.7 Å². The summed E-state index contributed by atoms with van der Waals surface area (Å²) in [6.07, 6.45) is 0.276. The van der Waals surface area contributed by atoms with Crippen molar-refractivity contribution in [3.05, 3.63) is 35.4 Å². The van der Waals surface area contributed by atoms with Crippen LogP contribution >= 0.6 is 0 Å². The number of hydrogen-bond acceptors (Lipinski definition) is 3. The number of aliphatic hydroxyl groups excluding tert-OH is 1. The van der Waals surface area contributed by atoms with Crippen molar-refractivity contribution in [2.24, 2.45) is 5.92 Å². The molecule has 92 valence electrons. The van der Waals surface area contributed by atoms with E-state index in [0.29, 0.717) is 18.8 Å². The summed E-state index contributed by atoms with van der Waals surface area (Å²) in [5.74, 6) is -0.740. The van der Waals surface area contributed by atoms with Crippen LogP contribution in [-0.2, 0) is 16.0 Å². The van der Waals surface area contributed by atoms with Gasteiger partial charge in [-0.25, -0.2) is 0 Å². The molecule has 0 bridgehead atoms. The first-order valence-corrected chi connectivity index (χ1v) is 5.73. The fourth-order valence-corrected chi connectivity index (χ4v) is 2.14. The molecule has 0 amide bonds. The average molecular weight is 236 g/mol. The van der Waals surface area contributed by atoms with Gasteiger partial charge in [0.2, 0.25) is 0 Å². The third-order valence-corrected chi connectivity index (χ3v) is 3.06. The zero-order chi connectivity index (χ0) is 12.3. The van der Waals surface area contributed by atoms with Gasteiger partial charge in [0.15, 0.2) is 0 Å². The molecule has 1 aliphatic heterocycles. The van der Waals surface area contributed by atoms with Crippen LogP contribution in [0.2, 0.25) is 0 Å². The van der Waals surface area contributed by atoms with Gasteiger partial charge in [0, 0.05) is 12.5 Å². The topological polar surface area (TPSA) is 66.8 Å². The number of carbonyl (C=O) groups is 1. The number of rotatable bonds is 4. The van der Waals surface area contributed by atoms with Gasteiger partial charge in [-0.15, -0.1) is 0 Å². The molecule has 0 spiro atoms. The van der Waals surface area contributed by atoms with Crippen molar-refractivity contribution in [2.75, 3.05) is 13.2 Å². The normalized spacial score (nSPS) is 21.4. The van der Waals surface area contributed by atoms with Gasteiger partial charge in [-0.2, -0.15) is 0 Å². The smallest absolute Gasteiger partial charge is 0.307 e. The predicted molar refractivity (Wildman–Crippen MR) is 61.7 cm³/mol. The van der Waals surface area contributed by atoms with Crippen molar-refractivity contribution >= 4 is 5.97 Å². The molecular weight excluding hydrogens is 220 g/mol. The van der Waals surface area contributed by atoms with E-state index in [-0.39, 0.29) is 12.3 Å². The zero-order valence-corrected chi connectivity index (χ0v) is 9.50. The monoisotopic (exact) mass is 236 g/mol. The van der Waals surface area contributed by atoms with Crippen molar-refractivity contribution in [1.82, 2.24) is 0 Å². The Bertz CT molecular complexity index is 396. The summed E-state index contributed by atoms with van der Waals surface area (Å²) in [6.45, 7) is 1.26. The number of benzene rings is 1. The van der Waals surface area contributed by atoms with Crippen LogP contribution in [0.15, 0.2) is 24.3 Å². The van der Waals surface area contributed by atoms with E-state index in [1.54, 1.807) is 18.2 Å². The first-order chi connectivity index (χ1) is 8.16. The minimum absolute atomic E-state index is 0.0122. The summed E-state index contributed by atoms with van der Waals surface area (Å²) < 4.78 is 5.24. The second-order valence-electron chi connectivity index (χ2n) is 4.38. The van der Waals surface area contributed by atoms with Gasteiger partial charge in [0.25, 0.3) is 0 Å². The Hall–Kier alpha value is -1.39.